The third-order valence-corrected chi connectivity index (χ3v) is 2.10. The second kappa shape index (κ2) is 3.06. The minimum absolute atomic E-state index is 0.800. The van der Waals surface area contributed by atoms with Crippen LogP contribution < -0.4 is 0 Å². The summed E-state index contributed by atoms with van der Waals surface area (Å²) in [5, 5.41) is 4.09. The first-order valence-electron chi connectivity index (χ1n) is 3.48. The summed E-state index contributed by atoms with van der Waals surface area (Å²) in [4.78, 5) is 4.09. The van der Waals surface area contributed by atoms with E-state index in [0.29, 0.717) is 0 Å². The van der Waals surface area contributed by atoms with Crippen LogP contribution in [0.2, 0.25) is 0 Å². The molecule has 3 nitrogen and oxygen atoms in total. The van der Waals surface area contributed by atoms with Crippen molar-refractivity contribution in [2.75, 3.05) is 0 Å². The Morgan fingerprint density at radius 2 is 2.17 bits per heavy atom. The Morgan fingerprint density at radius 1 is 1.25 bits per heavy atom. The predicted octanol–water partition coefficient (Wildman–Crippen LogP) is 2.03. The lowest BCUT2D eigenvalue weighted by molar-refractivity contribution is 0.867. The molecular weight excluding hydrogens is 218 g/mol. The Balaban J connectivity index is 2.55. The van der Waals surface area contributed by atoms with E-state index in [0.717, 1.165) is 10.3 Å². The fraction of sp³-hybridized carbons (Fsp3) is 0. The third-order valence-electron chi connectivity index (χ3n) is 1.49. The van der Waals surface area contributed by atoms with Crippen LogP contribution in [0.15, 0.2) is 41.4 Å². The van der Waals surface area contributed by atoms with Crippen molar-refractivity contribution in [3.05, 3.63) is 41.4 Å². The second-order valence-electron chi connectivity index (χ2n) is 2.26. The summed E-state index contributed by atoms with van der Waals surface area (Å²) < 4.78 is 2.56. The zero-order valence-electron chi connectivity index (χ0n) is 6.18. The first-order chi connectivity index (χ1) is 5.88. The summed E-state index contributed by atoms with van der Waals surface area (Å²) in [6, 6.07) is 5.70. The summed E-state index contributed by atoms with van der Waals surface area (Å²) in [5.74, 6) is 0. The monoisotopic (exact) mass is 223 g/mol. The molecule has 0 spiro atoms. The Labute approximate surface area is 78.2 Å². The van der Waals surface area contributed by atoms with Crippen LogP contribution in [0.25, 0.3) is 5.69 Å². The van der Waals surface area contributed by atoms with E-state index < -0.39 is 0 Å². The van der Waals surface area contributed by atoms with Gasteiger partial charge in [0.1, 0.15) is 4.60 Å². The van der Waals surface area contributed by atoms with Gasteiger partial charge < -0.3 is 0 Å². The van der Waals surface area contributed by atoms with Gasteiger partial charge in [0.15, 0.2) is 0 Å². The molecule has 0 unspecified atom stereocenters. The largest absolute Gasteiger partial charge is 0.247 e. The van der Waals surface area contributed by atoms with Crippen LogP contribution in [0.4, 0.5) is 0 Å². The molecule has 4 heteroatoms. The molecule has 0 fully saturated rings. The van der Waals surface area contributed by atoms with E-state index in [1.807, 2.05) is 24.4 Å². The van der Waals surface area contributed by atoms with Crippen molar-refractivity contribution < 1.29 is 0 Å². The zero-order chi connectivity index (χ0) is 8.39. The molecule has 0 aromatic carbocycles. The molecule has 2 aromatic rings. The topological polar surface area (TPSA) is 30.7 Å². The van der Waals surface area contributed by atoms with Gasteiger partial charge in [0.05, 0.1) is 5.69 Å². The van der Waals surface area contributed by atoms with Gasteiger partial charge in [-0.2, -0.15) is 5.10 Å². The minimum atomic E-state index is 0.800. The van der Waals surface area contributed by atoms with Crippen LogP contribution in [-0.4, -0.2) is 14.8 Å². The number of hydrogen-bond donors (Lipinski definition) is 0. The number of pyridine rings is 1. The lowest BCUT2D eigenvalue weighted by atomic mass is 10.4. The summed E-state index contributed by atoms with van der Waals surface area (Å²) >= 11 is 3.35. The van der Waals surface area contributed by atoms with E-state index in [2.05, 4.69) is 26.0 Å². The maximum absolute atomic E-state index is 4.09. The number of hydrogen-bond acceptors (Lipinski definition) is 2. The highest BCUT2D eigenvalue weighted by atomic mass is 79.9. The van der Waals surface area contributed by atoms with Crippen molar-refractivity contribution in [2.45, 2.75) is 0 Å². The zero-order valence-corrected chi connectivity index (χ0v) is 7.77. The number of aromatic nitrogens is 3. The normalized spacial score (nSPS) is 10.1. The number of halogens is 1. The van der Waals surface area contributed by atoms with Crippen molar-refractivity contribution in [3.63, 3.8) is 0 Å². The summed E-state index contributed by atoms with van der Waals surface area (Å²) in [6.07, 6.45) is 5.35. The molecule has 0 N–H and O–H groups in total. The standard InChI is InChI=1S/C8H6BrN3/c9-8-7(3-1-4-10-8)12-6-2-5-11-12/h1-6H. The van der Waals surface area contributed by atoms with Gasteiger partial charge >= 0.3 is 0 Å². The summed E-state index contributed by atoms with van der Waals surface area (Å²) in [6.45, 7) is 0. The van der Waals surface area contributed by atoms with Gasteiger partial charge in [0.2, 0.25) is 0 Å². The Kier molecular flexibility index (Phi) is 1.91. The maximum atomic E-state index is 4.09. The van der Waals surface area contributed by atoms with Crippen molar-refractivity contribution >= 4 is 15.9 Å². The molecule has 0 aliphatic rings. The molecule has 0 bridgehead atoms. The Bertz CT molecular complexity index is 370. The quantitative estimate of drug-likeness (QED) is 0.694. The third kappa shape index (κ3) is 1.25. The van der Waals surface area contributed by atoms with Crippen molar-refractivity contribution in [1.82, 2.24) is 14.8 Å². The van der Waals surface area contributed by atoms with Crippen LogP contribution >= 0.6 is 15.9 Å². The molecule has 0 saturated carbocycles. The molecule has 0 aliphatic carbocycles. The molecule has 0 amide bonds. The molecule has 2 rings (SSSR count). The second-order valence-corrected chi connectivity index (χ2v) is 3.02. The molecule has 0 saturated heterocycles. The fourth-order valence-electron chi connectivity index (χ4n) is 0.960. The summed E-state index contributed by atoms with van der Waals surface area (Å²) in [5.41, 5.74) is 0.947. The molecule has 0 radical (unpaired) electrons. The van der Waals surface area contributed by atoms with Gasteiger partial charge in [-0.3, -0.25) is 0 Å². The maximum Gasteiger partial charge on any atom is 0.131 e. The van der Waals surface area contributed by atoms with E-state index >= 15 is 0 Å². The molecule has 0 atom stereocenters. The first kappa shape index (κ1) is 7.49. The number of rotatable bonds is 1. The van der Waals surface area contributed by atoms with E-state index in [9.17, 15) is 0 Å². The highest BCUT2D eigenvalue weighted by molar-refractivity contribution is 9.10. The van der Waals surface area contributed by atoms with Crippen LogP contribution in [0.1, 0.15) is 0 Å². The van der Waals surface area contributed by atoms with Crippen LogP contribution in [-0.2, 0) is 0 Å². The van der Waals surface area contributed by atoms with E-state index in [1.165, 1.54) is 0 Å². The summed E-state index contributed by atoms with van der Waals surface area (Å²) in [7, 11) is 0. The lowest BCUT2D eigenvalue weighted by Crippen LogP contribution is -1.95. The van der Waals surface area contributed by atoms with Gasteiger partial charge in [0.25, 0.3) is 0 Å². The molecular formula is C8H6BrN3. The fourth-order valence-corrected chi connectivity index (χ4v) is 1.39. The van der Waals surface area contributed by atoms with Crippen molar-refractivity contribution in [2.24, 2.45) is 0 Å². The molecule has 0 aliphatic heterocycles. The van der Waals surface area contributed by atoms with Gasteiger partial charge in [-0.25, -0.2) is 9.67 Å². The Hall–Kier alpha value is -1.16. The first-order valence-corrected chi connectivity index (χ1v) is 4.28. The lowest BCUT2D eigenvalue weighted by Gasteiger charge is -2.01. The van der Waals surface area contributed by atoms with Crippen LogP contribution in [0.5, 0.6) is 0 Å². The van der Waals surface area contributed by atoms with E-state index in [1.54, 1.807) is 17.1 Å². The number of nitrogens with zero attached hydrogens (tertiary/aromatic N) is 3. The predicted molar refractivity (Wildman–Crippen MR) is 49.1 cm³/mol. The van der Waals surface area contributed by atoms with Gasteiger partial charge in [-0.05, 0) is 34.1 Å². The SMILES string of the molecule is Brc1ncccc1-n1cccn1. The van der Waals surface area contributed by atoms with Gasteiger partial charge in [-0.1, -0.05) is 0 Å². The van der Waals surface area contributed by atoms with E-state index in [4.69, 9.17) is 0 Å². The average molecular weight is 224 g/mol. The van der Waals surface area contributed by atoms with Crippen LogP contribution in [0, 0.1) is 0 Å². The van der Waals surface area contributed by atoms with Gasteiger partial charge in [-0.15, -0.1) is 0 Å². The van der Waals surface area contributed by atoms with Gasteiger partial charge in [0, 0.05) is 18.6 Å². The molecule has 60 valence electrons. The highest BCUT2D eigenvalue weighted by Gasteiger charge is 2.00. The molecule has 2 aromatic heterocycles. The Morgan fingerprint density at radius 3 is 2.83 bits per heavy atom. The highest BCUT2D eigenvalue weighted by Crippen LogP contribution is 2.15. The van der Waals surface area contributed by atoms with Crippen molar-refractivity contribution in [3.8, 4) is 5.69 Å². The smallest absolute Gasteiger partial charge is 0.131 e. The molecule has 12 heavy (non-hydrogen) atoms. The minimum Gasteiger partial charge on any atom is -0.247 e. The average Bonchev–Trinajstić information content (AvgIpc) is 2.57. The van der Waals surface area contributed by atoms with E-state index in [-0.39, 0.29) is 0 Å². The van der Waals surface area contributed by atoms with Crippen LogP contribution in [0.3, 0.4) is 0 Å². The molecule has 2 heterocycles. The van der Waals surface area contributed by atoms with Crippen molar-refractivity contribution in [1.29, 1.82) is 0 Å².